The number of ether oxygens (including phenoxy) is 2. The Labute approximate surface area is 118 Å². The van der Waals surface area contributed by atoms with Crippen molar-refractivity contribution in [3.8, 4) is 23.0 Å². The monoisotopic (exact) mass is 288 g/mol. The van der Waals surface area contributed by atoms with Crippen LogP contribution in [0, 0.1) is 0 Å². The largest absolute Gasteiger partial charge is 0.504 e. The number of fused-ring (bicyclic) bond motifs is 2. The summed E-state index contributed by atoms with van der Waals surface area (Å²) in [5.41, 5.74) is -0.0500. The van der Waals surface area contributed by atoms with E-state index in [0.29, 0.717) is 11.3 Å². The summed E-state index contributed by atoms with van der Waals surface area (Å²) in [4.78, 5) is 12.6. The number of benzene rings is 2. The number of phenols is 2. The molecule has 0 spiro atoms. The Morgan fingerprint density at radius 2 is 1.67 bits per heavy atom. The van der Waals surface area contributed by atoms with Crippen molar-refractivity contribution < 1.29 is 24.1 Å². The molecule has 21 heavy (non-hydrogen) atoms. The van der Waals surface area contributed by atoms with Crippen molar-refractivity contribution in [2.45, 2.75) is 0 Å². The summed E-state index contributed by atoms with van der Waals surface area (Å²) in [5.74, 6) is -0.735. The third kappa shape index (κ3) is 1.76. The van der Waals surface area contributed by atoms with Gasteiger partial charge in [0.25, 0.3) is 0 Å². The van der Waals surface area contributed by atoms with Crippen LogP contribution in [-0.2, 0) is 0 Å². The summed E-state index contributed by atoms with van der Waals surface area (Å²) in [6.07, 6.45) is 0. The number of aromatic hydroxyl groups is 2. The molecule has 2 N–H and O–H groups in total. The fraction of sp³-hybridized carbons (Fsp3) is 0.133. The van der Waals surface area contributed by atoms with Gasteiger partial charge in [0, 0.05) is 6.07 Å². The van der Waals surface area contributed by atoms with Gasteiger partial charge < -0.3 is 24.1 Å². The quantitative estimate of drug-likeness (QED) is 0.556. The van der Waals surface area contributed by atoms with Crippen molar-refractivity contribution in [3.63, 3.8) is 0 Å². The smallest absolute Gasteiger partial charge is 0.208 e. The Morgan fingerprint density at radius 3 is 2.33 bits per heavy atom. The summed E-state index contributed by atoms with van der Waals surface area (Å²) < 4.78 is 15.7. The van der Waals surface area contributed by atoms with Crippen LogP contribution in [0.25, 0.3) is 21.9 Å². The molecule has 0 fully saturated rings. The molecule has 0 bridgehead atoms. The van der Waals surface area contributed by atoms with E-state index in [9.17, 15) is 15.0 Å². The maximum atomic E-state index is 12.6. The van der Waals surface area contributed by atoms with Crippen LogP contribution < -0.4 is 14.9 Å². The van der Waals surface area contributed by atoms with Gasteiger partial charge in [-0.05, 0) is 12.1 Å². The molecule has 0 aliphatic carbocycles. The van der Waals surface area contributed by atoms with E-state index < -0.39 is 16.9 Å². The molecule has 1 aromatic heterocycles. The Morgan fingerprint density at radius 1 is 0.952 bits per heavy atom. The second-order valence-electron chi connectivity index (χ2n) is 4.41. The second kappa shape index (κ2) is 4.59. The van der Waals surface area contributed by atoms with Crippen LogP contribution in [0.2, 0.25) is 0 Å². The van der Waals surface area contributed by atoms with Crippen molar-refractivity contribution >= 4 is 21.9 Å². The molecule has 1 heterocycles. The van der Waals surface area contributed by atoms with E-state index in [1.165, 1.54) is 20.3 Å². The third-order valence-corrected chi connectivity index (χ3v) is 3.30. The maximum absolute atomic E-state index is 12.6. The molecule has 0 saturated carbocycles. The molecule has 0 saturated heterocycles. The van der Waals surface area contributed by atoms with Gasteiger partial charge in [-0.15, -0.1) is 0 Å². The summed E-state index contributed by atoms with van der Waals surface area (Å²) in [6.45, 7) is 0. The first-order chi connectivity index (χ1) is 10.1. The van der Waals surface area contributed by atoms with Crippen LogP contribution in [0.15, 0.2) is 33.5 Å². The average molecular weight is 288 g/mol. The minimum atomic E-state index is -0.578. The van der Waals surface area contributed by atoms with Gasteiger partial charge in [0.2, 0.25) is 11.2 Å². The molecule has 3 rings (SSSR count). The van der Waals surface area contributed by atoms with E-state index in [4.69, 9.17) is 13.9 Å². The predicted octanol–water partition coefficient (Wildman–Crippen LogP) is 2.37. The van der Waals surface area contributed by atoms with Gasteiger partial charge in [-0.3, -0.25) is 4.79 Å². The third-order valence-electron chi connectivity index (χ3n) is 3.30. The lowest BCUT2D eigenvalue weighted by Crippen LogP contribution is -2.04. The zero-order valence-corrected chi connectivity index (χ0v) is 11.3. The Kier molecular flexibility index (Phi) is 2.86. The van der Waals surface area contributed by atoms with E-state index in [1.54, 1.807) is 18.2 Å². The van der Waals surface area contributed by atoms with Gasteiger partial charge in [-0.25, -0.2) is 0 Å². The molecule has 0 radical (unpaired) electrons. The molecular weight excluding hydrogens is 276 g/mol. The van der Waals surface area contributed by atoms with Crippen molar-refractivity contribution in [1.29, 1.82) is 0 Å². The molecule has 6 nitrogen and oxygen atoms in total. The highest BCUT2D eigenvalue weighted by molar-refractivity contribution is 5.97. The van der Waals surface area contributed by atoms with Crippen LogP contribution in [0.5, 0.6) is 23.0 Å². The number of methoxy groups -OCH3 is 2. The van der Waals surface area contributed by atoms with Gasteiger partial charge in [-0.1, -0.05) is 6.07 Å². The number of hydrogen-bond donors (Lipinski definition) is 2. The number of rotatable bonds is 2. The summed E-state index contributed by atoms with van der Waals surface area (Å²) in [7, 11) is 2.77. The highest BCUT2D eigenvalue weighted by atomic mass is 16.5. The lowest BCUT2D eigenvalue weighted by Gasteiger charge is -2.10. The van der Waals surface area contributed by atoms with Crippen LogP contribution in [-0.4, -0.2) is 24.4 Å². The lowest BCUT2D eigenvalue weighted by molar-refractivity contribution is 0.352. The normalized spacial score (nSPS) is 11.0. The minimum Gasteiger partial charge on any atom is -0.504 e. The SMILES string of the molecule is COc1cc2oc3cccc(OC)c3c(=O)c2c(O)c1O. The van der Waals surface area contributed by atoms with Gasteiger partial charge in [0.15, 0.2) is 11.5 Å². The predicted molar refractivity (Wildman–Crippen MR) is 76.4 cm³/mol. The van der Waals surface area contributed by atoms with Crippen molar-refractivity contribution in [3.05, 3.63) is 34.5 Å². The Balaban J connectivity index is 2.58. The first-order valence-electron chi connectivity index (χ1n) is 6.11. The Bertz CT molecular complexity index is 910. The van der Waals surface area contributed by atoms with Gasteiger partial charge in [0.1, 0.15) is 27.7 Å². The van der Waals surface area contributed by atoms with Gasteiger partial charge in [-0.2, -0.15) is 0 Å². The van der Waals surface area contributed by atoms with Gasteiger partial charge in [0.05, 0.1) is 14.2 Å². The van der Waals surface area contributed by atoms with E-state index in [-0.39, 0.29) is 22.1 Å². The zero-order chi connectivity index (χ0) is 15.1. The van der Waals surface area contributed by atoms with Crippen molar-refractivity contribution in [2.75, 3.05) is 14.2 Å². The number of hydrogen-bond acceptors (Lipinski definition) is 6. The van der Waals surface area contributed by atoms with E-state index in [2.05, 4.69) is 0 Å². The molecule has 0 aliphatic rings. The fourth-order valence-corrected chi connectivity index (χ4v) is 2.30. The summed E-state index contributed by atoms with van der Waals surface area (Å²) in [5, 5.41) is 20.0. The first-order valence-corrected chi connectivity index (χ1v) is 6.11. The van der Waals surface area contributed by atoms with Crippen molar-refractivity contribution in [2.24, 2.45) is 0 Å². The Hall–Kier alpha value is -2.89. The standard InChI is InChI=1S/C15H12O6/c1-19-7-4-3-5-8-11(7)14(17)12-9(21-8)6-10(20-2)13(16)15(12)18/h3-6,16,18H,1-2H3. The first kappa shape index (κ1) is 13.1. The summed E-state index contributed by atoms with van der Waals surface area (Å²) in [6, 6.07) is 6.28. The van der Waals surface area contributed by atoms with E-state index in [1.807, 2.05) is 0 Å². The molecule has 108 valence electrons. The van der Waals surface area contributed by atoms with Crippen LogP contribution in [0.1, 0.15) is 0 Å². The van der Waals surface area contributed by atoms with Crippen LogP contribution in [0.3, 0.4) is 0 Å². The van der Waals surface area contributed by atoms with E-state index >= 15 is 0 Å². The molecule has 0 atom stereocenters. The molecule has 0 unspecified atom stereocenters. The average Bonchev–Trinajstić information content (AvgIpc) is 2.49. The van der Waals surface area contributed by atoms with Crippen molar-refractivity contribution in [1.82, 2.24) is 0 Å². The second-order valence-corrected chi connectivity index (χ2v) is 4.41. The molecule has 3 aromatic rings. The van der Waals surface area contributed by atoms with E-state index in [0.717, 1.165) is 0 Å². The molecule has 6 heteroatoms. The molecular formula is C15H12O6. The maximum Gasteiger partial charge on any atom is 0.208 e. The topological polar surface area (TPSA) is 89.1 Å². The minimum absolute atomic E-state index is 0.0189. The molecule has 2 aromatic carbocycles. The highest BCUT2D eigenvalue weighted by Crippen LogP contribution is 2.41. The number of phenolic OH excluding ortho intramolecular Hbond substituents is 2. The van der Waals surface area contributed by atoms with Gasteiger partial charge >= 0.3 is 0 Å². The lowest BCUT2D eigenvalue weighted by atomic mass is 10.1. The zero-order valence-electron chi connectivity index (χ0n) is 11.3. The van der Waals surface area contributed by atoms with Crippen LogP contribution in [0.4, 0.5) is 0 Å². The van der Waals surface area contributed by atoms with Crippen LogP contribution >= 0.6 is 0 Å². The molecule has 0 amide bonds. The fourth-order valence-electron chi connectivity index (χ4n) is 2.30. The highest BCUT2D eigenvalue weighted by Gasteiger charge is 2.20. The summed E-state index contributed by atoms with van der Waals surface area (Å²) >= 11 is 0. The molecule has 0 aliphatic heterocycles.